The van der Waals surface area contributed by atoms with E-state index in [-0.39, 0.29) is 52.8 Å². The van der Waals surface area contributed by atoms with E-state index in [1.165, 1.54) is 6.07 Å². The van der Waals surface area contributed by atoms with E-state index in [1.54, 1.807) is 25.9 Å². The van der Waals surface area contributed by atoms with Gasteiger partial charge < -0.3 is 25.6 Å². The van der Waals surface area contributed by atoms with Crippen LogP contribution in [-0.4, -0.2) is 66.1 Å². The first-order valence-corrected chi connectivity index (χ1v) is 15.1. The van der Waals surface area contributed by atoms with Crippen LogP contribution in [0.25, 0.3) is 11.3 Å². The average Bonchev–Trinajstić information content (AvgIpc) is 3.06. The summed E-state index contributed by atoms with van der Waals surface area (Å²) < 4.78 is 104. The number of carbonyl (C=O) groups is 3. The number of amides is 3. The molecule has 1 aliphatic rings. The lowest BCUT2D eigenvalue weighted by atomic mass is 9.94. The number of aromatic nitrogens is 2. The highest BCUT2D eigenvalue weighted by molar-refractivity contribution is 6.09. The van der Waals surface area contributed by atoms with Gasteiger partial charge in [-0.05, 0) is 56.4 Å². The predicted molar refractivity (Wildman–Crippen MR) is 171 cm³/mol. The van der Waals surface area contributed by atoms with Gasteiger partial charge in [0.25, 0.3) is 5.91 Å². The van der Waals surface area contributed by atoms with E-state index in [2.05, 4.69) is 25.9 Å². The molecule has 5 rings (SSSR count). The second-order valence-electron chi connectivity index (χ2n) is 11.3. The Morgan fingerprint density at radius 1 is 0.980 bits per heavy atom. The van der Waals surface area contributed by atoms with Gasteiger partial charge in [0.1, 0.15) is 17.3 Å². The lowest BCUT2D eigenvalue weighted by molar-refractivity contribution is -0.189. The van der Waals surface area contributed by atoms with E-state index in [0.717, 1.165) is 30.3 Å². The number of hydrogen-bond acceptors (Lipinski definition) is 8. The minimum Gasteiger partial charge on any atom is -0.418 e. The Kier molecular flexibility index (Phi) is 10.4. The maximum atomic E-state index is 15.1. The number of para-hydroxylation sites is 1. The molecule has 0 radical (unpaired) electrons. The number of fused-ring (bicyclic) bond motifs is 1. The normalized spacial score (nSPS) is 12.8. The van der Waals surface area contributed by atoms with Crippen LogP contribution in [0.5, 0.6) is 5.75 Å². The number of likely N-dealkylation sites (N-methyl/N-ethyl adjacent to an activating group) is 1. The van der Waals surface area contributed by atoms with Crippen LogP contribution in [0.1, 0.15) is 28.4 Å². The van der Waals surface area contributed by atoms with Gasteiger partial charge in [0, 0.05) is 36.0 Å². The Labute approximate surface area is 285 Å². The first-order valence-electron chi connectivity index (χ1n) is 15.1. The van der Waals surface area contributed by atoms with Crippen LogP contribution in [0.15, 0.2) is 48.5 Å². The van der Waals surface area contributed by atoms with Crippen LogP contribution < -0.4 is 25.6 Å². The Morgan fingerprint density at radius 3 is 2.31 bits per heavy atom. The summed E-state index contributed by atoms with van der Waals surface area (Å²) in [4.78, 5) is 50.4. The van der Waals surface area contributed by atoms with Gasteiger partial charge in [-0.1, -0.05) is 19.1 Å². The van der Waals surface area contributed by atoms with Crippen LogP contribution >= 0.6 is 0 Å². The van der Waals surface area contributed by atoms with Crippen molar-refractivity contribution in [2.24, 2.45) is 0 Å². The number of urea groups is 1. The molecule has 4 aromatic rings. The number of anilines is 4. The number of benzene rings is 3. The molecule has 3 N–H and O–H groups in total. The third-order valence-corrected chi connectivity index (χ3v) is 7.53. The minimum absolute atomic E-state index is 0.0527. The van der Waals surface area contributed by atoms with Crippen molar-refractivity contribution in [2.75, 3.05) is 42.7 Å². The number of carbonyl (C=O) groups excluding carboxylic acids is 3. The summed E-state index contributed by atoms with van der Waals surface area (Å²) in [5.41, 5.74) is -2.25. The van der Waals surface area contributed by atoms with Gasteiger partial charge in [0.15, 0.2) is 23.2 Å². The monoisotopic (exact) mass is 719 g/mol. The fraction of sp³-hybridized carbons (Fsp3) is 0.242. The van der Waals surface area contributed by atoms with E-state index in [1.807, 2.05) is 0 Å². The molecule has 268 valence electrons. The molecule has 18 heteroatoms. The first kappa shape index (κ1) is 36.5. The molecule has 1 aromatic heterocycles. The summed E-state index contributed by atoms with van der Waals surface area (Å²) in [5, 5.41) is 7.59. The van der Waals surface area contributed by atoms with E-state index in [4.69, 9.17) is 4.74 Å². The van der Waals surface area contributed by atoms with Crippen LogP contribution in [0.3, 0.4) is 0 Å². The van der Waals surface area contributed by atoms with Gasteiger partial charge in [-0.3, -0.25) is 4.79 Å². The lowest BCUT2D eigenvalue weighted by Crippen LogP contribution is -2.43. The van der Waals surface area contributed by atoms with Gasteiger partial charge in [-0.2, -0.15) is 18.2 Å². The quantitative estimate of drug-likeness (QED) is 0.0988. The van der Waals surface area contributed by atoms with Gasteiger partial charge in [-0.15, -0.1) is 0 Å². The van der Waals surface area contributed by atoms with Crippen molar-refractivity contribution in [1.82, 2.24) is 20.2 Å². The standard InChI is InChI=1S/C33H28F7N7O4/c1-4-16-8-10-18(29(48)43-17-9-11-20(34)23(37)14-17)27(51-30(49)33(38,39)40)24(16)25-19-15-42-32(50)47(26-21(35)6-5-7-22(26)36)28(19)45-31(44-25)41-12-13-46(2)3/h5-11,14H,4,12-13,15H2,1-3H3,(H,42,50)(H,43,48)(H,41,44,45). The molecule has 1 aliphatic heterocycles. The fourth-order valence-electron chi connectivity index (χ4n) is 5.13. The SMILES string of the molecule is CCc1ccc(C(=O)Nc2ccc(F)c(F)c2)c(OC(=O)C(F)(F)F)c1-c1nc(NCCN(C)C)nc2c1CNC(=O)N2c1c(F)cccc1F. The summed E-state index contributed by atoms with van der Waals surface area (Å²) >= 11 is 0. The molecule has 0 saturated heterocycles. The molecule has 0 fully saturated rings. The Balaban J connectivity index is 1.80. The van der Waals surface area contributed by atoms with E-state index in [0.29, 0.717) is 23.6 Å². The molecule has 3 amide bonds. The van der Waals surface area contributed by atoms with Crippen molar-refractivity contribution in [1.29, 1.82) is 0 Å². The van der Waals surface area contributed by atoms with Crippen LogP contribution in [0.4, 0.5) is 58.7 Å². The summed E-state index contributed by atoms with van der Waals surface area (Å²) in [6.45, 7) is 1.77. The maximum absolute atomic E-state index is 15.1. The Hall–Kier alpha value is -5.78. The van der Waals surface area contributed by atoms with Crippen molar-refractivity contribution in [3.05, 3.63) is 88.5 Å². The van der Waals surface area contributed by atoms with Crippen molar-refractivity contribution < 1.29 is 49.9 Å². The zero-order valence-electron chi connectivity index (χ0n) is 27.0. The van der Waals surface area contributed by atoms with Crippen LogP contribution in [-0.2, 0) is 17.8 Å². The Bertz CT molecular complexity index is 2000. The highest BCUT2D eigenvalue weighted by atomic mass is 19.4. The number of nitrogens with zero attached hydrogens (tertiary/aromatic N) is 4. The third-order valence-electron chi connectivity index (χ3n) is 7.53. The summed E-state index contributed by atoms with van der Waals surface area (Å²) in [5.74, 6) is -10.3. The molecule has 11 nitrogen and oxygen atoms in total. The van der Waals surface area contributed by atoms with E-state index >= 15 is 8.78 Å². The molecular weight excluding hydrogens is 691 g/mol. The van der Waals surface area contributed by atoms with Crippen molar-refractivity contribution in [3.63, 3.8) is 0 Å². The number of hydrogen-bond donors (Lipinski definition) is 3. The van der Waals surface area contributed by atoms with Gasteiger partial charge >= 0.3 is 18.2 Å². The molecule has 0 atom stereocenters. The zero-order chi connectivity index (χ0) is 37.2. The van der Waals surface area contributed by atoms with Gasteiger partial charge in [0.2, 0.25) is 5.95 Å². The number of halogens is 7. The smallest absolute Gasteiger partial charge is 0.418 e. The van der Waals surface area contributed by atoms with Gasteiger partial charge in [0.05, 0.1) is 17.8 Å². The first-order chi connectivity index (χ1) is 24.1. The number of nitrogens with one attached hydrogen (secondary N) is 3. The number of alkyl halides is 3. The number of esters is 1. The number of rotatable bonds is 10. The fourth-order valence-corrected chi connectivity index (χ4v) is 5.13. The third kappa shape index (κ3) is 7.69. The molecule has 2 heterocycles. The topological polar surface area (TPSA) is 129 Å². The lowest BCUT2D eigenvalue weighted by Gasteiger charge is -2.31. The minimum atomic E-state index is -5.55. The zero-order valence-corrected chi connectivity index (χ0v) is 27.0. The molecule has 0 spiro atoms. The molecule has 0 aliphatic carbocycles. The molecular formula is C33H28F7N7O4. The highest BCUT2D eigenvalue weighted by Crippen LogP contribution is 2.44. The molecule has 0 bridgehead atoms. The highest BCUT2D eigenvalue weighted by Gasteiger charge is 2.43. The van der Waals surface area contributed by atoms with Crippen molar-refractivity contribution >= 4 is 41.0 Å². The number of aryl methyl sites for hydroxylation is 1. The summed E-state index contributed by atoms with van der Waals surface area (Å²) in [7, 11) is 3.53. The second kappa shape index (κ2) is 14.6. The largest absolute Gasteiger partial charge is 0.491 e. The average molecular weight is 720 g/mol. The molecule has 51 heavy (non-hydrogen) atoms. The van der Waals surface area contributed by atoms with Crippen LogP contribution in [0.2, 0.25) is 0 Å². The van der Waals surface area contributed by atoms with E-state index < -0.39 is 70.9 Å². The maximum Gasteiger partial charge on any atom is 0.491 e. The number of ether oxygens (including phenoxy) is 1. The molecule has 0 saturated carbocycles. The Morgan fingerprint density at radius 2 is 1.69 bits per heavy atom. The molecule has 3 aromatic carbocycles. The van der Waals surface area contributed by atoms with Crippen molar-refractivity contribution in [2.45, 2.75) is 26.1 Å². The van der Waals surface area contributed by atoms with Crippen LogP contribution in [0, 0.1) is 23.3 Å². The predicted octanol–water partition coefficient (Wildman–Crippen LogP) is 6.32. The van der Waals surface area contributed by atoms with E-state index in [9.17, 15) is 36.3 Å². The van der Waals surface area contributed by atoms with Gasteiger partial charge in [-0.25, -0.2) is 37.0 Å². The summed E-state index contributed by atoms with van der Waals surface area (Å²) in [6, 6.07) is 6.59. The molecule has 0 unspecified atom stereocenters. The summed E-state index contributed by atoms with van der Waals surface area (Å²) in [6.07, 6.45) is -5.50. The second-order valence-corrected chi connectivity index (χ2v) is 11.3. The van der Waals surface area contributed by atoms with Crippen molar-refractivity contribution in [3.8, 4) is 17.0 Å².